The predicted molar refractivity (Wildman–Crippen MR) is 87.0 cm³/mol. The van der Waals surface area contributed by atoms with Gasteiger partial charge in [-0.25, -0.2) is 4.98 Å². The van der Waals surface area contributed by atoms with Crippen LogP contribution >= 0.6 is 0 Å². The van der Waals surface area contributed by atoms with Crippen LogP contribution < -0.4 is 5.73 Å². The summed E-state index contributed by atoms with van der Waals surface area (Å²) in [6.45, 7) is 9.48. The molecule has 0 bridgehead atoms. The number of fused-ring (bicyclic) bond motifs is 1. The van der Waals surface area contributed by atoms with E-state index in [1.54, 1.807) is 0 Å². The van der Waals surface area contributed by atoms with Gasteiger partial charge in [0.2, 0.25) is 0 Å². The molecular formula is C17H22N4O. The summed E-state index contributed by atoms with van der Waals surface area (Å²) in [4.78, 5) is 4.78. The summed E-state index contributed by atoms with van der Waals surface area (Å²) in [5.41, 5.74) is 12.5. The van der Waals surface area contributed by atoms with Crippen molar-refractivity contribution in [3.63, 3.8) is 0 Å². The maximum absolute atomic E-state index is 5.76. The van der Waals surface area contributed by atoms with E-state index in [1.807, 2.05) is 13.8 Å². The SMILES string of the molecule is Cc1cc2nc(CCN)n(Cc3c(C)noc3C)c2cc1C. The normalized spacial score (nSPS) is 11.5. The number of nitrogens with two attached hydrogens (primary N) is 1. The second kappa shape index (κ2) is 5.57. The fourth-order valence-electron chi connectivity index (χ4n) is 2.81. The Labute approximate surface area is 130 Å². The van der Waals surface area contributed by atoms with Crippen LogP contribution in [0, 0.1) is 27.7 Å². The Bertz CT molecular complexity index is 809. The van der Waals surface area contributed by atoms with E-state index in [0.717, 1.165) is 46.8 Å². The smallest absolute Gasteiger partial charge is 0.138 e. The standard InChI is InChI=1S/C17H22N4O/c1-10-7-15-16(8-11(10)2)21(17(19-15)5-6-18)9-14-12(3)20-22-13(14)4/h7-8H,5-6,9,18H2,1-4H3. The summed E-state index contributed by atoms with van der Waals surface area (Å²) < 4.78 is 7.53. The van der Waals surface area contributed by atoms with Crippen molar-refractivity contribution in [1.29, 1.82) is 0 Å². The highest BCUT2D eigenvalue weighted by atomic mass is 16.5. The zero-order valence-electron chi connectivity index (χ0n) is 13.6. The van der Waals surface area contributed by atoms with Gasteiger partial charge in [-0.3, -0.25) is 0 Å². The Morgan fingerprint density at radius 2 is 1.86 bits per heavy atom. The molecule has 0 radical (unpaired) electrons. The molecule has 0 unspecified atom stereocenters. The highest BCUT2D eigenvalue weighted by Crippen LogP contribution is 2.24. The van der Waals surface area contributed by atoms with Gasteiger partial charge in [0.05, 0.1) is 23.3 Å². The summed E-state index contributed by atoms with van der Waals surface area (Å²) in [6.07, 6.45) is 0.760. The summed E-state index contributed by atoms with van der Waals surface area (Å²) in [5.74, 6) is 1.88. The van der Waals surface area contributed by atoms with Gasteiger partial charge in [-0.05, 0) is 57.5 Å². The van der Waals surface area contributed by atoms with Crippen molar-refractivity contribution in [2.75, 3.05) is 6.54 Å². The lowest BCUT2D eigenvalue weighted by Gasteiger charge is -2.09. The predicted octanol–water partition coefficient (Wildman–Crippen LogP) is 2.81. The van der Waals surface area contributed by atoms with Gasteiger partial charge in [0, 0.05) is 12.0 Å². The molecule has 2 aromatic heterocycles. The Morgan fingerprint density at radius 1 is 1.14 bits per heavy atom. The van der Waals surface area contributed by atoms with Crippen LogP contribution in [-0.4, -0.2) is 21.3 Å². The molecule has 0 atom stereocenters. The zero-order chi connectivity index (χ0) is 15.9. The van der Waals surface area contributed by atoms with Crippen molar-refractivity contribution in [2.45, 2.75) is 40.7 Å². The van der Waals surface area contributed by atoms with Crippen molar-refractivity contribution in [3.8, 4) is 0 Å². The third-order valence-corrected chi connectivity index (χ3v) is 4.31. The Kier molecular flexibility index (Phi) is 3.74. The molecule has 0 amide bonds. The number of aromatic nitrogens is 3. The van der Waals surface area contributed by atoms with Crippen LogP contribution in [0.15, 0.2) is 16.7 Å². The van der Waals surface area contributed by atoms with Crippen LogP contribution in [0.25, 0.3) is 11.0 Å². The lowest BCUT2D eigenvalue weighted by Crippen LogP contribution is -2.11. The van der Waals surface area contributed by atoms with Crippen molar-refractivity contribution in [2.24, 2.45) is 5.73 Å². The third kappa shape index (κ3) is 2.41. The van der Waals surface area contributed by atoms with Gasteiger partial charge in [-0.15, -0.1) is 0 Å². The zero-order valence-corrected chi connectivity index (χ0v) is 13.6. The number of benzene rings is 1. The van der Waals surface area contributed by atoms with Gasteiger partial charge < -0.3 is 14.8 Å². The first-order chi connectivity index (χ1) is 10.5. The number of hydrogen-bond acceptors (Lipinski definition) is 4. The van der Waals surface area contributed by atoms with E-state index in [1.165, 1.54) is 11.1 Å². The number of nitrogens with zero attached hydrogens (tertiary/aromatic N) is 3. The van der Waals surface area contributed by atoms with Crippen LogP contribution in [0.2, 0.25) is 0 Å². The molecule has 5 nitrogen and oxygen atoms in total. The molecule has 0 saturated carbocycles. The Hall–Kier alpha value is -2.14. The van der Waals surface area contributed by atoms with Gasteiger partial charge in [0.15, 0.2) is 0 Å². The quantitative estimate of drug-likeness (QED) is 0.804. The first-order valence-electron chi connectivity index (χ1n) is 7.59. The molecule has 2 heterocycles. The minimum Gasteiger partial charge on any atom is -0.361 e. The van der Waals surface area contributed by atoms with E-state index in [2.05, 4.69) is 35.7 Å². The van der Waals surface area contributed by atoms with Crippen molar-refractivity contribution in [1.82, 2.24) is 14.7 Å². The van der Waals surface area contributed by atoms with Crippen LogP contribution in [0.4, 0.5) is 0 Å². The highest BCUT2D eigenvalue weighted by molar-refractivity contribution is 5.78. The number of aryl methyl sites for hydroxylation is 4. The average Bonchev–Trinajstić information content (AvgIpc) is 2.95. The van der Waals surface area contributed by atoms with Gasteiger partial charge >= 0.3 is 0 Å². The molecular weight excluding hydrogens is 276 g/mol. The minimum absolute atomic E-state index is 0.586. The molecule has 3 aromatic rings. The summed E-state index contributed by atoms with van der Waals surface area (Å²) in [5, 5.41) is 4.05. The van der Waals surface area contributed by atoms with Gasteiger partial charge in [0.25, 0.3) is 0 Å². The maximum Gasteiger partial charge on any atom is 0.138 e. The first kappa shape index (κ1) is 14.8. The van der Waals surface area contributed by atoms with Crippen molar-refractivity contribution < 1.29 is 4.52 Å². The van der Waals surface area contributed by atoms with E-state index in [0.29, 0.717) is 6.54 Å². The second-order valence-corrected chi connectivity index (χ2v) is 5.88. The molecule has 0 aliphatic rings. The number of imidazole rings is 1. The fourth-order valence-corrected chi connectivity index (χ4v) is 2.81. The molecule has 22 heavy (non-hydrogen) atoms. The number of hydrogen-bond donors (Lipinski definition) is 1. The van der Waals surface area contributed by atoms with Gasteiger partial charge in [-0.1, -0.05) is 5.16 Å². The Balaban J connectivity index is 2.17. The number of rotatable bonds is 4. The molecule has 0 aliphatic heterocycles. The molecule has 2 N–H and O–H groups in total. The molecule has 1 aromatic carbocycles. The molecule has 0 aliphatic carbocycles. The molecule has 116 valence electrons. The molecule has 0 fully saturated rings. The lowest BCUT2D eigenvalue weighted by molar-refractivity contribution is 0.392. The van der Waals surface area contributed by atoms with E-state index < -0.39 is 0 Å². The monoisotopic (exact) mass is 298 g/mol. The molecule has 0 saturated heterocycles. The van der Waals surface area contributed by atoms with Crippen LogP contribution in [-0.2, 0) is 13.0 Å². The van der Waals surface area contributed by atoms with E-state index in [-0.39, 0.29) is 0 Å². The maximum atomic E-state index is 5.76. The Morgan fingerprint density at radius 3 is 2.50 bits per heavy atom. The minimum atomic E-state index is 0.586. The van der Waals surface area contributed by atoms with Crippen molar-refractivity contribution in [3.05, 3.63) is 46.1 Å². The highest BCUT2D eigenvalue weighted by Gasteiger charge is 2.16. The average molecular weight is 298 g/mol. The lowest BCUT2D eigenvalue weighted by atomic mass is 10.1. The van der Waals surface area contributed by atoms with Gasteiger partial charge in [-0.2, -0.15) is 0 Å². The molecule has 5 heteroatoms. The third-order valence-electron chi connectivity index (χ3n) is 4.31. The van der Waals surface area contributed by atoms with Gasteiger partial charge in [0.1, 0.15) is 11.6 Å². The molecule has 0 spiro atoms. The van der Waals surface area contributed by atoms with E-state index in [9.17, 15) is 0 Å². The summed E-state index contributed by atoms with van der Waals surface area (Å²) in [7, 11) is 0. The van der Waals surface area contributed by atoms with Crippen molar-refractivity contribution >= 4 is 11.0 Å². The fraction of sp³-hybridized carbons (Fsp3) is 0.412. The van der Waals surface area contributed by atoms with E-state index in [4.69, 9.17) is 15.2 Å². The topological polar surface area (TPSA) is 69.9 Å². The molecule has 3 rings (SSSR count). The first-order valence-corrected chi connectivity index (χ1v) is 7.59. The van der Waals surface area contributed by atoms with Crippen LogP contribution in [0.1, 0.15) is 34.0 Å². The summed E-state index contributed by atoms with van der Waals surface area (Å²) in [6, 6.07) is 4.35. The second-order valence-electron chi connectivity index (χ2n) is 5.88. The largest absolute Gasteiger partial charge is 0.361 e. The summed E-state index contributed by atoms with van der Waals surface area (Å²) >= 11 is 0. The van der Waals surface area contributed by atoms with E-state index >= 15 is 0 Å². The van der Waals surface area contributed by atoms with Crippen LogP contribution in [0.3, 0.4) is 0 Å². The van der Waals surface area contributed by atoms with Crippen LogP contribution in [0.5, 0.6) is 0 Å².